The minimum Gasteiger partial charge on any atom is -0.352 e. The summed E-state index contributed by atoms with van der Waals surface area (Å²) >= 11 is 1.80. The Hall–Kier alpha value is -1.87. The zero-order chi connectivity index (χ0) is 17.5. The molecule has 0 saturated heterocycles. The number of rotatable bonds is 6. The molecule has 0 aliphatic heterocycles. The van der Waals surface area contributed by atoms with Crippen molar-refractivity contribution in [2.24, 2.45) is 4.99 Å². The van der Waals surface area contributed by atoms with Gasteiger partial charge in [-0.3, -0.25) is 4.99 Å². The highest BCUT2D eigenvalue weighted by Gasteiger charge is 2.08. The summed E-state index contributed by atoms with van der Waals surface area (Å²) in [5, 5.41) is 5.58. The van der Waals surface area contributed by atoms with Crippen LogP contribution in [0.15, 0.2) is 65.5 Å². The molecular weight excluding hydrogens is 457 g/mol. The Morgan fingerprint density at radius 3 is 2.81 bits per heavy atom. The van der Waals surface area contributed by atoms with E-state index in [0.717, 1.165) is 24.6 Å². The van der Waals surface area contributed by atoms with Crippen molar-refractivity contribution in [2.45, 2.75) is 13.0 Å². The van der Waals surface area contributed by atoms with Crippen LogP contribution in [-0.2, 0) is 13.0 Å². The molecular formula is C19H24IN5S. The Balaban J connectivity index is 0.00000243. The lowest BCUT2D eigenvalue weighted by atomic mass is 10.1. The third-order valence-corrected chi connectivity index (χ3v) is 4.99. The van der Waals surface area contributed by atoms with Crippen LogP contribution in [0.5, 0.6) is 0 Å². The lowest BCUT2D eigenvalue weighted by molar-refractivity contribution is 0.486. The van der Waals surface area contributed by atoms with E-state index in [1.807, 2.05) is 30.2 Å². The minimum atomic E-state index is 0. The number of aliphatic imine (C=N–C) groups is 1. The van der Waals surface area contributed by atoms with Gasteiger partial charge in [0.15, 0.2) is 5.96 Å². The van der Waals surface area contributed by atoms with Gasteiger partial charge in [0.25, 0.3) is 0 Å². The van der Waals surface area contributed by atoms with E-state index in [1.165, 1.54) is 10.4 Å². The second-order valence-corrected chi connectivity index (χ2v) is 6.78. The number of aromatic nitrogens is 2. The molecule has 0 aliphatic carbocycles. The highest BCUT2D eigenvalue weighted by Crippen LogP contribution is 2.14. The number of nitrogens with one attached hydrogen (secondary N) is 1. The molecule has 26 heavy (non-hydrogen) atoms. The van der Waals surface area contributed by atoms with Gasteiger partial charge in [-0.2, -0.15) is 0 Å². The smallest absolute Gasteiger partial charge is 0.193 e. The summed E-state index contributed by atoms with van der Waals surface area (Å²) in [5.41, 5.74) is 2.33. The van der Waals surface area contributed by atoms with E-state index in [0.29, 0.717) is 6.54 Å². The summed E-state index contributed by atoms with van der Waals surface area (Å²) in [4.78, 5) is 12.1. The molecule has 0 bridgehead atoms. The number of imidazole rings is 1. The molecule has 0 saturated carbocycles. The Kier molecular flexibility index (Phi) is 8.11. The fourth-order valence-electron chi connectivity index (χ4n) is 2.71. The Labute approximate surface area is 175 Å². The van der Waals surface area contributed by atoms with Crippen molar-refractivity contribution in [1.29, 1.82) is 0 Å². The van der Waals surface area contributed by atoms with Gasteiger partial charge in [-0.1, -0.05) is 24.3 Å². The fourth-order valence-corrected chi connectivity index (χ4v) is 3.41. The molecule has 3 rings (SSSR count). The van der Waals surface area contributed by atoms with E-state index in [-0.39, 0.29) is 24.0 Å². The molecule has 0 fully saturated rings. The average Bonchev–Trinajstić information content (AvgIpc) is 3.34. The SMILES string of the molecule is CN=C(NCc1ccccc1-n1ccnc1)N(C)CCc1cccs1.I. The van der Waals surface area contributed by atoms with Gasteiger partial charge in [-0.05, 0) is 29.5 Å². The number of para-hydroxylation sites is 1. The van der Waals surface area contributed by atoms with Crippen molar-refractivity contribution < 1.29 is 0 Å². The van der Waals surface area contributed by atoms with Crippen LogP contribution in [0.4, 0.5) is 0 Å². The van der Waals surface area contributed by atoms with Crippen LogP contribution >= 0.6 is 35.3 Å². The van der Waals surface area contributed by atoms with Crippen molar-refractivity contribution in [1.82, 2.24) is 19.8 Å². The number of thiophene rings is 1. The molecule has 0 spiro atoms. The fraction of sp³-hybridized carbons (Fsp3) is 0.263. The molecule has 1 N–H and O–H groups in total. The molecule has 0 radical (unpaired) electrons. The van der Waals surface area contributed by atoms with Crippen LogP contribution in [0.25, 0.3) is 5.69 Å². The van der Waals surface area contributed by atoms with Crippen LogP contribution < -0.4 is 5.32 Å². The summed E-state index contributed by atoms with van der Waals surface area (Å²) in [6.07, 6.45) is 6.60. The van der Waals surface area contributed by atoms with Gasteiger partial charge in [-0.15, -0.1) is 35.3 Å². The monoisotopic (exact) mass is 481 g/mol. The molecule has 3 aromatic rings. The molecule has 7 heteroatoms. The van der Waals surface area contributed by atoms with Crippen LogP contribution in [0.1, 0.15) is 10.4 Å². The summed E-state index contributed by atoms with van der Waals surface area (Å²) < 4.78 is 2.03. The lowest BCUT2D eigenvalue weighted by Crippen LogP contribution is -2.39. The first-order valence-electron chi connectivity index (χ1n) is 8.28. The van der Waals surface area contributed by atoms with Gasteiger partial charge < -0.3 is 14.8 Å². The predicted octanol–water partition coefficient (Wildman–Crippen LogP) is 3.80. The van der Waals surface area contributed by atoms with E-state index in [4.69, 9.17) is 0 Å². The molecule has 0 amide bonds. The van der Waals surface area contributed by atoms with Gasteiger partial charge in [0.2, 0.25) is 0 Å². The summed E-state index contributed by atoms with van der Waals surface area (Å²) in [6, 6.07) is 12.6. The molecule has 5 nitrogen and oxygen atoms in total. The molecule has 0 aliphatic rings. The van der Waals surface area contributed by atoms with Crippen molar-refractivity contribution in [3.8, 4) is 5.69 Å². The van der Waals surface area contributed by atoms with Crippen molar-refractivity contribution in [2.75, 3.05) is 20.6 Å². The van der Waals surface area contributed by atoms with Crippen molar-refractivity contribution in [3.63, 3.8) is 0 Å². The van der Waals surface area contributed by atoms with Gasteiger partial charge in [0.1, 0.15) is 0 Å². The predicted molar refractivity (Wildman–Crippen MR) is 120 cm³/mol. The minimum absolute atomic E-state index is 0. The average molecular weight is 481 g/mol. The van der Waals surface area contributed by atoms with Crippen molar-refractivity contribution in [3.05, 3.63) is 70.9 Å². The molecule has 1 aromatic carbocycles. The van der Waals surface area contributed by atoms with Crippen LogP contribution in [0, 0.1) is 0 Å². The van der Waals surface area contributed by atoms with E-state index in [9.17, 15) is 0 Å². The third-order valence-electron chi connectivity index (χ3n) is 4.06. The van der Waals surface area contributed by atoms with Gasteiger partial charge in [-0.25, -0.2) is 4.98 Å². The Morgan fingerprint density at radius 1 is 1.27 bits per heavy atom. The standard InChI is InChI=1S/C19H23N5S.HI/c1-20-19(23(2)11-9-17-7-5-13-25-17)22-14-16-6-3-4-8-18(16)24-12-10-21-15-24;/h3-8,10,12-13,15H,9,11,14H2,1-2H3,(H,20,22);1H. The number of halogens is 1. The van der Waals surface area contributed by atoms with Crippen LogP contribution in [-0.4, -0.2) is 41.1 Å². The maximum Gasteiger partial charge on any atom is 0.193 e. The largest absolute Gasteiger partial charge is 0.352 e. The number of hydrogen-bond donors (Lipinski definition) is 1. The van der Waals surface area contributed by atoms with Gasteiger partial charge in [0.05, 0.1) is 12.0 Å². The first-order chi connectivity index (χ1) is 12.3. The number of nitrogens with zero attached hydrogens (tertiary/aromatic N) is 4. The number of hydrogen-bond acceptors (Lipinski definition) is 3. The first kappa shape index (κ1) is 20.4. The Morgan fingerprint density at radius 2 is 2.12 bits per heavy atom. The number of guanidine groups is 1. The molecule has 138 valence electrons. The highest BCUT2D eigenvalue weighted by atomic mass is 127. The second-order valence-electron chi connectivity index (χ2n) is 5.75. The van der Waals surface area contributed by atoms with E-state index in [1.54, 1.807) is 17.5 Å². The maximum absolute atomic E-state index is 4.41. The highest BCUT2D eigenvalue weighted by molar-refractivity contribution is 14.0. The van der Waals surface area contributed by atoms with Gasteiger partial charge >= 0.3 is 0 Å². The lowest BCUT2D eigenvalue weighted by Gasteiger charge is -2.22. The molecule has 2 aromatic heterocycles. The van der Waals surface area contributed by atoms with E-state index < -0.39 is 0 Å². The zero-order valence-corrected chi connectivity index (χ0v) is 18.1. The quantitative estimate of drug-likeness (QED) is 0.331. The zero-order valence-electron chi connectivity index (χ0n) is 15.0. The third kappa shape index (κ3) is 5.31. The summed E-state index contributed by atoms with van der Waals surface area (Å²) in [5.74, 6) is 0.900. The summed E-state index contributed by atoms with van der Waals surface area (Å²) in [7, 11) is 3.90. The van der Waals surface area contributed by atoms with Gasteiger partial charge in [0, 0.05) is 44.5 Å². The molecule has 2 heterocycles. The molecule has 0 unspecified atom stereocenters. The van der Waals surface area contributed by atoms with E-state index in [2.05, 4.69) is 63.0 Å². The first-order valence-corrected chi connectivity index (χ1v) is 9.16. The number of benzene rings is 1. The second kappa shape index (κ2) is 10.3. The topological polar surface area (TPSA) is 45.5 Å². The van der Waals surface area contributed by atoms with Crippen molar-refractivity contribution >= 4 is 41.3 Å². The maximum atomic E-state index is 4.41. The summed E-state index contributed by atoms with van der Waals surface area (Å²) in [6.45, 7) is 1.65. The van der Waals surface area contributed by atoms with Crippen LogP contribution in [0.2, 0.25) is 0 Å². The van der Waals surface area contributed by atoms with Crippen LogP contribution in [0.3, 0.4) is 0 Å². The van der Waals surface area contributed by atoms with E-state index >= 15 is 0 Å². The molecule has 0 atom stereocenters. The normalized spacial score (nSPS) is 11.1. The number of likely N-dealkylation sites (N-methyl/N-ethyl adjacent to an activating group) is 1. The Bertz CT molecular complexity index is 799.